The van der Waals surface area contributed by atoms with Crippen LogP contribution in [0.25, 0.3) is 21.8 Å². The average Bonchev–Trinajstić information content (AvgIpc) is 3.66. The van der Waals surface area contributed by atoms with Crippen molar-refractivity contribution in [2.24, 2.45) is 7.05 Å². The number of carbonyl (C=O) groups excluding carboxylic acids is 4. The molecule has 0 radical (unpaired) electrons. The Morgan fingerprint density at radius 2 is 1.69 bits per heavy atom. The number of aromatic nitrogens is 4. The molecule has 3 amide bonds. The number of ketones is 1. The molecule has 39 heavy (non-hydrogen) atoms. The van der Waals surface area contributed by atoms with Gasteiger partial charge in [0.05, 0.1) is 0 Å². The molecular weight excluding hydrogens is 498 g/mol. The van der Waals surface area contributed by atoms with Crippen LogP contribution in [0.5, 0.6) is 0 Å². The summed E-state index contributed by atoms with van der Waals surface area (Å²) in [4.78, 5) is 61.7. The maximum absolute atomic E-state index is 13.5. The lowest BCUT2D eigenvalue weighted by molar-refractivity contribution is -0.114. The minimum atomic E-state index is -0.379. The minimum Gasteiger partial charge on any atom is -0.351 e. The van der Waals surface area contributed by atoms with Gasteiger partial charge in [-0.1, -0.05) is 0 Å². The van der Waals surface area contributed by atoms with Gasteiger partial charge in [-0.05, 0) is 54.4 Å². The first kappa shape index (κ1) is 24.2. The van der Waals surface area contributed by atoms with E-state index in [1.54, 1.807) is 40.9 Å². The van der Waals surface area contributed by atoms with Crippen LogP contribution in [-0.4, -0.2) is 49.6 Å². The molecule has 11 nitrogen and oxygen atoms in total. The van der Waals surface area contributed by atoms with Crippen molar-refractivity contribution < 1.29 is 19.2 Å². The van der Waals surface area contributed by atoms with E-state index in [1.807, 2.05) is 24.3 Å². The number of H-pyrrole nitrogens is 2. The number of benzene rings is 2. The maximum atomic E-state index is 13.5. The standard InChI is InChI=1S/C28H25N7O4/c1-14(36)26-32-25(13-34(26)3)33-27(38)22-12-19-18-8-9-35(24(18)7-6-21(19)31-22)28(39)23-11-16-10-17(29-15(2)37)4-5-20(16)30-23/h4-7,10-13,30-31H,8-9H2,1-3H3,(H,29,37)(H,33,38). The Balaban J connectivity index is 1.26. The van der Waals surface area contributed by atoms with Gasteiger partial charge in [-0.3, -0.25) is 19.2 Å². The van der Waals surface area contributed by atoms with Gasteiger partial charge in [0.2, 0.25) is 5.91 Å². The molecule has 0 saturated heterocycles. The van der Waals surface area contributed by atoms with Crippen LogP contribution in [-0.2, 0) is 18.3 Å². The summed E-state index contributed by atoms with van der Waals surface area (Å²) in [5.41, 5.74) is 4.83. The molecule has 2 aromatic carbocycles. The molecule has 11 heteroatoms. The second-order valence-electron chi connectivity index (χ2n) is 9.65. The number of nitrogens with one attached hydrogen (secondary N) is 4. The fourth-order valence-electron chi connectivity index (χ4n) is 5.16. The van der Waals surface area contributed by atoms with Gasteiger partial charge < -0.3 is 30.1 Å². The first-order valence-corrected chi connectivity index (χ1v) is 12.4. The van der Waals surface area contributed by atoms with Crippen molar-refractivity contribution in [3.8, 4) is 0 Å². The van der Waals surface area contributed by atoms with Crippen LogP contribution in [0.4, 0.5) is 17.2 Å². The number of hydrogen-bond donors (Lipinski definition) is 4. The van der Waals surface area contributed by atoms with Gasteiger partial charge in [0.15, 0.2) is 17.4 Å². The van der Waals surface area contributed by atoms with E-state index in [1.165, 1.54) is 13.8 Å². The van der Waals surface area contributed by atoms with Gasteiger partial charge in [-0.2, -0.15) is 0 Å². The van der Waals surface area contributed by atoms with Crippen molar-refractivity contribution in [1.29, 1.82) is 0 Å². The minimum absolute atomic E-state index is 0.157. The molecule has 4 heterocycles. The molecule has 0 fully saturated rings. The van der Waals surface area contributed by atoms with E-state index in [2.05, 4.69) is 25.6 Å². The predicted octanol–water partition coefficient (Wildman–Crippen LogP) is 4.00. The second-order valence-corrected chi connectivity index (χ2v) is 9.65. The Bertz CT molecular complexity index is 1840. The van der Waals surface area contributed by atoms with E-state index in [0.29, 0.717) is 30.0 Å². The molecule has 6 rings (SSSR count). The van der Waals surface area contributed by atoms with Gasteiger partial charge in [-0.15, -0.1) is 0 Å². The van der Waals surface area contributed by atoms with Crippen LogP contribution >= 0.6 is 0 Å². The normalized spacial score (nSPS) is 12.6. The van der Waals surface area contributed by atoms with Crippen molar-refractivity contribution in [3.63, 3.8) is 0 Å². The zero-order valence-corrected chi connectivity index (χ0v) is 21.5. The van der Waals surface area contributed by atoms with Crippen LogP contribution in [0.1, 0.15) is 51.0 Å². The third-order valence-corrected chi connectivity index (χ3v) is 6.86. The zero-order valence-electron chi connectivity index (χ0n) is 21.5. The van der Waals surface area contributed by atoms with Gasteiger partial charge in [0, 0.05) is 66.8 Å². The highest BCUT2D eigenvalue weighted by atomic mass is 16.2. The molecule has 0 bridgehead atoms. The highest BCUT2D eigenvalue weighted by Crippen LogP contribution is 2.36. The molecule has 0 spiro atoms. The van der Waals surface area contributed by atoms with Crippen molar-refractivity contribution in [1.82, 2.24) is 19.5 Å². The third kappa shape index (κ3) is 4.23. The summed E-state index contributed by atoms with van der Waals surface area (Å²) < 4.78 is 1.57. The molecule has 3 aromatic heterocycles. The number of Topliss-reactive ketones (excluding diaryl/α,β-unsaturated/α-hetero) is 1. The lowest BCUT2D eigenvalue weighted by atomic mass is 10.1. The highest BCUT2D eigenvalue weighted by Gasteiger charge is 2.29. The topological polar surface area (TPSA) is 145 Å². The molecule has 5 aromatic rings. The van der Waals surface area contributed by atoms with E-state index < -0.39 is 0 Å². The third-order valence-electron chi connectivity index (χ3n) is 6.86. The van der Waals surface area contributed by atoms with Crippen LogP contribution in [0.3, 0.4) is 0 Å². The fraction of sp³-hybridized carbons (Fsp3) is 0.179. The Morgan fingerprint density at radius 1 is 0.923 bits per heavy atom. The summed E-state index contributed by atoms with van der Waals surface area (Å²) in [6.07, 6.45) is 2.23. The molecule has 1 aliphatic rings. The van der Waals surface area contributed by atoms with Gasteiger partial charge in [0.25, 0.3) is 11.8 Å². The molecule has 0 saturated carbocycles. The quantitative estimate of drug-likeness (QED) is 0.257. The number of aryl methyl sites for hydroxylation is 1. The zero-order chi connectivity index (χ0) is 27.4. The lowest BCUT2D eigenvalue weighted by Crippen LogP contribution is -2.29. The second kappa shape index (κ2) is 8.98. The maximum Gasteiger partial charge on any atom is 0.274 e. The van der Waals surface area contributed by atoms with Gasteiger partial charge >= 0.3 is 0 Å². The Labute approximate surface area is 222 Å². The van der Waals surface area contributed by atoms with Crippen molar-refractivity contribution in [2.45, 2.75) is 20.3 Å². The number of imidazole rings is 1. The summed E-state index contributed by atoms with van der Waals surface area (Å²) in [6, 6.07) is 12.7. The molecular formula is C28H25N7O4. The van der Waals surface area contributed by atoms with E-state index in [4.69, 9.17) is 0 Å². The van der Waals surface area contributed by atoms with Crippen molar-refractivity contribution in [3.05, 3.63) is 71.4 Å². The number of hydrogen-bond acceptors (Lipinski definition) is 5. The monoisotopic (exact) mass is 523 g/mol. The van der Waals surface area contributed by atoms with Crippen molar-refractivity contribution in [2.75, 3.05) is 22.1 Å². The summed E-state index contributed by atoms with van der Waals surface area (Å²) in [5, 5.41) is 7.18. The Morgan fingerprint density at radius 3 is 2.44 bits per heavy atom. The van der Waals surface area contributed by atoms with Crippen LogP contribution in [0.15, 0.2) is 48.7 Å². The molecule has 1 aliphatic heterocycles. The molecule has 0 atom stereocenters. The Hall–Kier alpha value is -5.19. The van der Waals surface area contributed by atoms with Gasteiger partial charge in [-0.25, -0.2) is 4.98 Å². The first-order chi connectivity index (χ1) is 18.7. The molecule has 0 unspecified atom stereocenters. The largest absolute Gasteiger partial charge is 0.351 e. The predicted molar refractivity (Wildman–Crippen MR) is 147 cm³/mol. The van der Waals surface area contributed by atoms with E-state index in [9.17, 15) is 19.2 Å². The highest BCUT2D eigenvalue weighted by molar-refractivity contribution is 6.11. The van der Waals surface area contributed by atoms with E-state index in [0.717, 1.165) is 33.1 Å². The van der Waals surface area contributed by atoms with Gasteiger partial charge in [0.1, 0.15) is 11.4 Å². The molecule has 0 aliphatic carbocycles. The SMILES string of the molecule is CC(=O)Nc1ccc2[nH]c(C(=O)N3CCc4c3ccc3[nH]c(C(=O)Nc5cn(C)c(C(C)=O)n5)cc43)cc2c1. The first-order valence-electron chi connectivity index (χ1n) is 12.4. The number of rotatable bonds is 5. The average molecular weight is 524 g/mol. The smallest absolute Gasteiger partial charge is 0.274 e. The number of carbonyl (C=O) groups is 4. The van der Waals surface area contributed by atoms with Crippen LogP contribution in [0.2, 0.25) is 0 Å². The number of amides is 3. The summed E-state index contributed by atoms with van der Waals surface area (Å²) in [6.45, 7) is 3.38. The summed E-state index contributed by atoms with van der Waals surface area (Å²) >= 11 is 0. The Kier molecular flexibility index (Phi) is 5.56. The number of fused-ring (bicyclic) bond motifs is 4. The van der Waals surface area contributed by atoms with E-state index >= 15 is 0 Å². The van der Waals surface area contributed by atoms with Crippen molar-refractivity contribution >= 4 is 62.5 Å². The van der Waals surface area contributed by atoms with Crippen LogP contribution in [0, 0.1) is 0 Å². The lowest BCUT2D eigenvalue weighted by Gasteiger charge is -2.16. The molecule has 196 valence electrons. The summed E-state index contributed by atoms with van der Waals surface area (Å²) in [7, 11) is 1.69. The molecule has 4 N–H and O–H groups in total. The summed E-state index contributed by atoms with van der Waals surface area (Å²) in [5.74, 6) is -0.347. The van der Waals surface area contributed by atoms with E-state index in [-0.39, 0.29) is 35.1 Å². The van der Waals surface area contributed by atoms with Crippen LogP contribution < -0.4 is 15.5 Å². The number of nitrogens with zero attached hydrogens (tertiary/aromatic N) is 3. The fourth-order valence-corrected chi connectivity index (χ4v) is 5.16. The number of aromatic amines is 2. The number of anilines is 3.